The minimum Gasteiger partial charge on any atom is -0.489 e. The summed E-state index contributed by atoms with van der Waals surface area (Å²) in [5.41, 5.74) is 5.52. The zero-order valence-corrected chi connectivity index (χ0v) is 19.1. The Hall–Kier alpha value is -3.95. The summed E-state index contributed by atoms with van der Waals surface area (Å²) >= 11 is 1.62. The molecule has 6 heteroatoms. The van der Waals surface area contributed by atoms with E-state index >= 15 is 0 Å². The van der Waals surface area contributed by atoms with Crippen LogP contribution in [0.3, 0.4) is 0 Å². The summed E-state index contributed by atoms with van der Waals surface area (Å²) in [6.07, 6.45) is 0.661. The van der Waals surface area contributed by atoms with Gasteiger partial charge in [0.2, 0.25) is 5.91 Å². The van der Waals surface area contributed by atoms with Crippen molar-refractivity contribution in [3.05, 3.63) is 99.9 Å². The third-order valence-corrected chi connectivity index (χ3v) is 5.90. The fraction of sp³-hybridized carbons (Fsp3) is 0.148. The maximum atomic E-state index is 12.7. The van der Waals surface area contributed by atoms with E-state index in [1.54, 1.807) is 11.3 Å². The third kappa shape index (κ3) is 6.06. The first-order valence-electron chi connectivity index (χ1n) is 10.6. The second-order valence-corrected chi connectivity index (χ2v) is 8.66. The molecule has 0 saturated carbocycles. The van der Waals surface area contributed by atoms with Crippen LogP contribution in [0.5, 0.6) is 5.75 Å². The fourth-order valence-electron chi connectivity index (χ4n) is 3.39. The van der Waals surface area contributed by atoms with Crippen molar-refractivity contribution in [2.24, 2.45) is 0 Å². The molecule has 0 aliphatic heterocycles. The maximum absolute atomic E-state index is 12.7. The first kappa shape index (κ1) is 22.3. The summed E-state index contributed by atoms with van der Waals surface area (Å²) in [7, 11) is 0. The number of aromatic nitrogens is 1. The molecule has 1 N–H and O–H groups in total. The van der Waals surface area contributed by atoms with Gasteiger partial charge < -0.3 is 10.1 Å². The predicted molar refractivity (Wildman–Crippen MR) is 131 cm³/mol. The number of nitrogens with zero attached hydrogens (tertiary/aromatic N) is 2. The van der Waals surface area contributed by atoms with Gasteiger partial charge in [0.25, 0.3) is 0 Å². The van der Waals surface area contributed by atoms with E-state index in [0.29, 0.717) is 18.8 Å². The van der Waals surface area contributed by atoms with Crippen LogP contribution in [0.25, 0.3) is 11.3 Å². The molecular weight excluding hydrogens is 430 g/mol. The lowest BCUT2D eigenvalue weighted by Crippen LogP contribution is -2.16. The number of rotatable bonds is 8. The highest BCUT2D eigenvalue weighted by atomic mass is 32.1. The first-order valence-corrected chi connectivity index (χ1v) is 11.5. The molecule has 0 aliphatic carbocycles. The van der Waals surface area contributed by atoms with Gasteiger partial charge in [0, 0.05) is 22.2 Å². The highest BCUT2D eigenvalue weighted by Gasteiger charge is 2.09. The number of nitriles is 1. The van der Waals surface area contributed by atoms with Crippen molar-refractivity contribution in [2.75, 3.05) is 5.32 Å². The van der Waals surface area contributed by atoms with E-state index in [4.69, 9.17) is 10.00 Å². The molecule has 0 aliphatic rings. The Kier molecular flexibility index (Phi) is 7.13. The normalized spacial score (nSPS) is 10.4. The molecule has 3 aromatic carbocycles. The summed E-state index contributed by atoms with van der Waals surface area (Å²) in [4.78, 5) is 17.2. The van der Waals surface area contributed by atoms with Crippen molar-refractivity contribution < 1.29 is 9.53 Å². The Labute approximate surface area is 197 Å². The minimum atomic E-state index is -0.0828. The smallest absolute Gasteiger partial charge is 0.228 e. The molecule has 1 amide bonds. The molecule has 5 nitrogen and oxygen atoms in total. The van der Waals surface area contributed by atoms with Crippen LogP contribution in [0.15, 0.2) is 78.2 Å². The van der Waals surface area contributed by atoms with E-state index < -0.39 is 0 Å². The predicted octanol–water partition coefficient (Wildman–Crippen LogP) is 5.94. The van der Waals surface area contributed by atoms with E-state index in [-0.39, 0.29) is 12.3 Å². The van der Waals surface area contributed by atoms with Crippen LogP contribution < -0.4 is 10.1 Å². The van der Waals surface area contributed by atoms with Crippen LogP contribution in [0, 0.1) is 18.3 Å². The SMILES string of the molecule is Cc1nc(-c2ccc(CC(=O)Nc3ccccc3COc3ccc(CC#N)cc3)cc2)cs1. The van der Waals surface area contributed by atoms with Gasteiger partial charge in [-0.25, -0.2) is 4.98 Å². The van der Waals surface area contributed by atoms with Gasteiger partial charge in [0.15, 0.2) is 0 Å². The van der Waals surface area contributed by atoms with Crippen molar-refractivity contribution >= 4 is 22.9 Å². The molecule has 0 bridgehead atoms. The number of benzene rings is 3. The third-order valence-electron chi connectivity index (χ3n) is 5.13. The van der Waals surface area contributed by atoms with Gasteiger partial charge in [-0.05, 0) is 36.2 Å². The number of amides is 1. The van der Waals surface area contributed by atoms with Crippen LogP contribution >= 0.6 is 11.3 Å². The second-order valence-electron chi connectivity index (χ2n) is 7.60. The van der Waals surface area contributed by atoms with E-state index in [9.17, 15) is 4.79 Å². The summed E-state index contributed by atoms with van der Waals surface area (Å²) < 4.78 is 5.88. The standard InChI is InChI=1S/C27H23N3O2S/c1-19-29-26(18-33-19)22-10-6-21(7-11-22)16-27(31)30-25-5-3-2-4-23(25)17-32-24-12-8-20(9-13-24)14-15-28/h2-13,18H,14,16-17H2,1H3,(H,30,31). The summed E-state index contributed by atoms with van der Waals surface area (Å²) in [5, 5.41) is 14.9. The molecule has 0 radical (unpaired) electrons. The Morgan fingerprint density at radius 2 is 1.76 bits per heavy atom. The van der Waals surface area contributed by atoms with Gasteiger partial charge in [-0.3, -0.25) is 4.79 Å². The van der Waals surface area contributed by atoms with Crippen molar-refractivity contribution in [1.82, 2.24) is 4.98 Å². The number of carbonyl (C=O) groups excluding carboxylic acids is 1. The molecule has 33 heavy (non-hydrogen) atoms. The number of anilines is 1. The van der Waals surface area contributed by atoms with E-state index in [1.165, 1.54) is 0 Å². The molecule has 1 aromatic heterocycles. The second kappa shape index (κ2) is 10.6. The highest BCUT2D eigenvalue weighted by Crippen LogP contribution is 2.23. The largest absolute Gasteiger partial charge is 0.489 e. The lowest BCUT2D eigenvalue weighted by Gasteiger charge is -2.13. The van der Waals surface area contributed by atoms with Gasteiger partial charge in [-0.1, -0.05) is 54.6 Å². The van der Waals surface area contributed by atoms with Crippen LogP contribution in [0.1, 0.15) is 21.7 Å². The van der Waals surface area contributed by atoms with Crippen molar-refractivity contribution in [3.63, 3.8) is 0 Å². The molecular formula is C27H23N3O2S. The summed E-state index contributed by atoms with van der Waals surface area (Å²) in [6.45, 7) is 2.32. The number of aryl methyl sites for hydroxylation is 1. The average molecular weight is 454 g/mol. The molecule has 0 saturated heterocycles. The van der Waals surface area contributed by atoms with E-state index in [2.05, 4.69) is 16.4 Å². The number of ether oxygens (including phenoxy) is 1. The topological polar surface area (TPSA) is 75.0 Å². The maximum Gasteiger partial charge on any atom is 0.228 e. The van der Waals surface area contributed by atoms with Gasteiger partial charge in [-0.2, -0.15) is 5.26 Å². The Bertz CT molecular complexity index is 1270. The number of thiazole rings is 1. The molecule has 4 rings (SSSR count). The summed E-state index contributed by atoms with van der Waals surface area (Å²) in [5.74, 6) is 0.633. The lowest BCUT2D eigenvalue weighted by molar-refractivity contribution is -0.115. The molecule has 0 unspecified atom stereocenters. The highest BCUT2D eigenvalue weighted by molar-refractivity contribution is 7.09. The number of carbonyl (C=O) groups is 1. The van der Waals surface area contributed by atoms with Crippen LogP contribution in [-0.4, -0.2) is 10.9 Å². The van der Waals surface area contributed by atoms with E-state index in [0.717, 1.165) is 38.6 Å². The zero-order chi connectivity index (χ0) is 23.0. The fourth-order valence-corrected chi connectivity index (χ4v) is 4.02. The lowest BCUT2D eigenvalue weighted by atomic mass is 10.1. The Balaban J connectivity index is 1.36. The molecule has 4 aromatic rings. The van der Waals surface area contributed by atoms with Crippen LogP contribution in [0.4, 0.5) is 5.69 Å². The van der Waals surface area contributed by atoms with Gasteiger partial charge in [-0.15, -0.1) is 11.3 Å². The molecule has 164 valence electrons. The Morgan fingerprint density at radius 3 is 2.45 bits per heavy atom. The van der Waals surface area contributed by atoms with Crippen molar-refractivity contribution in [3.8, 4) is 23.1 Å². The number of nitrogens with one attached hydrogen (secondary N) is 1. The number of hydrogen-bond acceptors (Lipinski definition) is 5. The number of para-hydroxylation sites is 1. The molecule has 1 heterocycles. The Morgan fingerprint density at radius 1 is 1.03 bits per heavy atom. The average Bonchev–Trinajstić information content (AvgIpc) is 3.26. The monoisotopic (exact) mass is 453 g/mol. The van der Waals surface area contributed by atoms with Crippen molar-refractivity contribution in [1.29, 1.82) is 5.26 Å². The van der Waals surface area contributed by atoms with Gasteiger partial charge >= 0.3 is 0 Å². The van der Waals surface area contributed by atoms with Crippen LogP contribution in [-0.2, 0) is 24.2 Å². The molecule has 0 atom stereocenters. The minimum absolute atomic E-state index is 0.0828. The molecule has 0 fully saturated rings. The van der Waals surface area contributed by atoms with E-state index in [1.807, 2.05) is 85.1 Å². The summed E-state index contributed by atoms with van der Waals surface area (Å²) in [6, 6.07) is 25.2. The molecule has 0 spiro atoms. The van der Waals surface area contributed by atoms with Crippen LogP contribution in [0.2, 0.25) is 0 Å². The quantitative estimate of drug-likeness (QED) is 0.358. The first-order chi connectivity index (χ1) is 16.1. The number of hydrogen-bond donors (Lipinski definition) is 1. The zero-order valence-electron chi connectivity index (χ0n) is 18.2. The van der Waals surface area contributed by atoms with Gasteiger partial charge in [0.1, 0.15) is 12.4 Å². The van der Waals surface area contributed by atoms with Gasteiger partial charge in [0.05, 0.1) is 29.6 Å². The van der Waals surface area contributed by atoms with Crippen molar-refractivity contribution in [2.45, 2.75) is 26.4 Å².